The topological polar surface area (TPSA) is 111 Å². The Morgan fingerprint density at radius 2 is 2.25 bits per heavy atom. The summed E-state index contributed by atoms with van der Waals surface area (Å²) < 4.78 is 5.25. The maximum Gasteiger partial charge on any atom is 0.307 e. The average Bonchev–Trinajstić information content (AvgIpc) is 2.43. The molecule has 20 heavy (non-hydrogen) atoms. The molecular formula is C13H17NO6. The molecule has 0 aliphatic carbocycles. The standard InChI is InChI=1S/C13H17NO6/c15-7-9-4-10(16)12(17)11(20-9)6-14-3-1-2-8(5-14)13(18)19/h4,8,15,17H,1-3,5-7H2,(H,18,19)/t8-/m1/s1. The molecule has 0 saturated carbocycles. The molecule has 7 heteroatoms. The van der Waals surface area contributed by atoms with E-state index in [-0.39, 0.29) is 18.1 Å². The van der Waals surface area contributed by atoms with Gasteiger partial charge in [0.1, 0.15) is 12.4 Å². The molecule has 1 aliphatic rings. The zero-order chi connectivity index (χ0) is 14.7. The van der Waals surface area contributed by atoms with Crippen LogP contribution in [0.25, 0.3) is 0 Å². The van der Waals surface area contributed by atoms with Crippen LogP contribution in [0.3, 0.4) is 0 Å². The monoisotopic (exact) mass is 283 g/mol. The lowest BCUT2D eigenvalue weighted by molar-refractivity contribution is -0.143. The highest BCUT2D eigenvalue weighted by atomic mass is 16.4. The molecule has 1 fully saturated rings. The lowest BCUT2D eigenvalue weighted by atomic mass is 9.98. The van der Waals surface area contributed by atoms with Gasteiger partial charge < -0.3 is 19.7 Å². The summed E-state index contributed by atoms with van der Waals surface area (Å²) in [5.74, 6) is -1.63. The molecule has 3 N–H and O–H groups in total. The fourth-order valence-electron chi connectivity index (χ4n) is 2.38. The Bertz CT molecular complexity index is 552. The maximum atomic E-state index is 11.5. The second-order valence-corrected chi connectivity index (χ2v) is 4.92. The fraction of sp³-hybridized carbons (Fsp3) is 0.538. The predicted octanol–water partition coefficient (Wildman–Crippen LogP) is 0.134. The summed E-state index contributed by atoms with van der Waals surface area (Å²) in [5.41, 5.74) is -0.609. The zero-order valence-electron chi connectivity index (χ0n) is 10.9. The molecule has 0 amide bonds. The fourth-order valence-corrected chi connectivity index (χ4v) is 2.38. The molecule has 1 aromatic rings. The normalized spacial score (nSPS) is 19.9. The number of aliphatic carboxylic acids is 1. The Hall–Kier alpha value is -1.86. The van der Waals surface area contributed by atoms with Crippen LogP contribution in [0.5, 0.6) is 5.75 Å². The number of hydrogen-bond donors (Lipinski definition) is 3. The highest BCUT2D eigenvalue weighted by molar-refractivity contribution is 5.70. The predicted molar refractivity (Wildman–Crippen MR) is 68.2 cm³/mol. The van der Waals surface area contributed by atoms with Crippen molar-refractivity contribution in [2.45, 2.75) is 26.0 Å². The Balaban J connectivity index is 2.15. The lowest BCUT2D eigenvalue weighted by Crippen LogP contribution is -2.38. The summed E-state index contributed by atoms with van der Waals surface area (Å²) in [5, 5.41) is 27.7. The number of rotatable bonds is 4. The third-order valence-electron chi connectivity index (χ3n) is 3.42. The first-order valence-corrected chi connectivity index (χ1v) is 6.42. The Morgan fingerprint density at radius 3 is 2.90 bits per heavy atom. The molecule has 110 valence electrons. The van der Waals surface area contributed by atoms with Crippen LogP contribution in [-0.2, 0) is 17.9 Å². The van der Waals surface area contributed by atoms with E-state index in [1.54, 1.807) is 0 Å². The Labute approximate surface area is 115 Å². The zero-order valence-corrected chi connectivity index (χ0v) is 10.9. The minimum Gasteiger partial charge on any atom is -0.502 e. The van der Waals surface area contributed by atoms with Crippen LogP contribution in [0.1, 0.15) is 24.4 Å². The van der Waals surface area contributed by atoms with Gasteiger partial charge in [-0.25, -0.2) is 0 Å². The number of nitrogens with zero attached hydrogens (tertiary/aromatic N) is 1. The van der Waals surface area contributed by atoms with Crippen molar-refractivity contribution in [2.24, 2.45) is 5.92 Å². The van der Waals surface area contributed by atoms with E-state index in [0.29, 0.717) is 19.5 Å². The largest absolute Gasteiger partial charge is 0.502 e. The summed E-state index contributed by atoms with van der Waals surface area (Å²) in [4.78, 5) is 24.3. The number of aliphatic hydroxyl groups is 1. The summed E-state index contributed by atoms with van der Waals surface area (Å²) in [6.45, 7) is 0.747. The van der Waals surface area contributed by atoms with Crippen molar-refractivity contribution in [2.75, 3.05) is 13.1 Å². The minimum atomic E-state index is -0.843. The summed E-state index contributed by atoms with van der Waals surface area (Å²) in [6, 6.07) is 1.04. The van der Waals surface area contributed by atoms with Gasteiger partial charge in [-0.2, -0.15) is 0 Å². The highest BCUT2D eigenvalue weighted by Crippen LogP contribution is 2.22. The number of hydrogen-bond acceptors (Lipinski definition) is 6. The van der Waals surface area contributed by atoms with Crippen LogP contribution in [0.15, 0.2) is 15.3 Å². The van der Waals surface area contributed by atoms with E-state index in [9.17, 15) is 14.7 Å². The SMILES string of the molecule is O=C(O)[C@@H]1CCCN(Cc2oc(CO)cc(=O)c2O)C1. The molecular weight excluding hydrogens is 266 g/mol. The van der Waals surface area contributed by atoms with Gasteiger partial charge in [-0.1, -0.05) is 0 Å². The van der Waals surface area contributed by atoms with Gasteiger partial charge in [-0.15, -0.1) is 0 Å². The van der Waals surface area contributed by atoms with E-state index in [0.717, 1.165) is 12.5 Å². The van der Waals surface area contributed by atoms with E-state index in [1.807, 2.05) is 4.90 Å². The second kappa shape index (κ2) is 6.06. The third kappa shape index (κ3) is 3.17. The van der Waals surface area contributed by atoms with E-state index in [4.69, 9.17) is 14.6 Å². The van der Waals surface area contributed by atoms with Gasteiger partial charge in [0.2, 0.25) is 11.2 Å². The summed E-state index contributed by atoms with van der Waals surface area (Å²) >= 11 is 0. The van der Waals surface area contributed by atoms with Crippen LogP contribution >= 0.6 is 0 Å². The van der Waals surface area contributed by atoms with Crippen LogP contribution in [0.4, 0.5) is 0 Å². The van der Waals surface area contributed by atoms with Crippen LogP contribution < -0.4 is 5.43 Å². The van der Waals surface area contributed by atoms with Crippen LogP contribution in [0.2, 0.25) is 0 Å². The van der Waals surface area contributed by atoms with Crippen molar-refractivity contribution in [3.63, 3.8) is 0 Å². The third-order valence-corrected chi connectivity index (χ3v) is 3.42. The van der Waals surface area contributed by atoms with Gasteiger partial charge in [-0.3, -0.25) is 14.5 Å². The molecule has 1 aromatic heterocycles. The average molecular weight is 283 g/mol. The second-order valence-electron chi connectivity index (χ2n) is 4.92. The van der Waals surface area contributed by atoms with Gasteiger partial charge in [0, 0.05) is 12.6 Å². The van der Waals surface area contributed by atoms with Gasteiger partial charge in [0.15, 0.2) is 5.76 Å². The molecule has 1 atom stereocenters. The first kappa shape index (κ1) is 14.5. The number of aromatic hydroxyl groups is 1. The van der Waals surface area contributed by atoms with Gasteiger partial charge >= 0.3 is 5.97 Å². The molecule has 1 saturated heterocycles. The number of carboxylic acids is 1. The lowest BCUT2D eigenvalue weighted by Gasteiger charge is -2.30. The minimum absolute atomic E-state index is 0.0626. The quantitative estimate of drug-likeness (QED) is 0.720. The molecule has 1 aliphatic heterocycles. The van der Waals surface area contributed by atoms with Gasteiger partial charge in [0.25, 0.3) is 0 Å². The molecule has 0 radical (unpaired) electrons. The molecule has 2 rings (SSSR count). The molecule has 0 aromatic carbocycles. The van der Waals surface area contributed by atoms with E-state index < -0.39 is 29.7 Å². The van der Waals surface area contributed by atoms with E-state index >= 15 is 0 Å². The molecule has 0 bridgehead atoms. The first-order valence-electron chi connectivity index (χ1n) is 6.42. The van der Waals surface area contributed by atoms with Gasteiger partial charge in [-0.05, 0) is 19.4 Å². The van der Waals surface area contributed by atoms with Crippen molar-refractivity contribution in [3.8, 4) is 5.75 Å². The summed E-state index contributed by atoms with van der Waals surface area (Å²) in [6.07, 6.45) is 1.36. The van der Waals surface area contributed by atoms with Crippen molar-refractivity contribution in [3.05, 3.63) is 27.8 Å². The highest BCUT2D eigenvalue weighted by Gasteiger charge is 2.26. The molecule has 2 heterocycles. The molecule has 7 nitrogen and oxygen atoms in total. The molecule has 0 spiro atoms. The van der Waals surface area contributed by atoms with E-state index in [1.165, 1.54) is 0 Å². The van der Waals surface area contributed by atoms with Crippen LogP contribution in [-0.4, -0.2) is 39.3 Å². The smallest absolute Gasteiger partial charge is 0.307 e. The molecule has 0 unspecified atom stereocenters. The Morgan fingerprint density at radius 1 is 1.50 bits per heavy atom. The maximum absolute atomic E-state index is 11.5. The van der Waals surface area contributed by atoms with Crippen molar-refractivity contribution in [1.29, 1.82) is 0 Å². The summed E-state index contributed by atoms with van der Waals surface area (Å²) in [7, 11) is 0. The number of aliphatic hydroxyl groups excluding tert-OH is 1. The first-order chi connectivity index (χ1) is 9.51. The van der Waals surface area contributed by atoms with Crippen molar-refractivity contribution < 1.29 is 24.5 Å². The van der Waals surface area contributed by atoms with E-state index in [2.05, 4.69) is 0 Å². The van der Waals surface area contributed by atoms with Crippen molar-refractivity contribution >= 4 is 5.97 Å². The number of carboxylic acid groups (broad SMARTS) is 1. The van der Waals surface area contributed by atoms with Crippen molar-refractivity contribution in [1.82, 2.24) is 4.90 Å². The Kier molecular flexibility index (Phi) is 4.41. The number of likely N-dealkylation sites (tertiary alicyclic amines) is 1. The van der Waals surface area contributed by atoms with Gasteiger partial charge in [0.05, 0.1) is 12.5 Å². The number of piperidine rings is 1. The van der Waals surface area contributed by atoms with Crippen LogP contribution in [0, 0.1) is 5.92 Å². The number of carbonyl (C=O) groups is 1.